The molecule has 8 heteroatoms. The highest BCUT2D eigenvalue weighted by Crippen LogP contribution is 2.34. The van der Waals surface area contributed by atoms with Gasteiger partial charge in [-0.25, -0.2) is 18.5 Å². The number of para-hydroxylation sites is 1. The first-order valence-electron chi connectivity index (χ1n) is 4.89. The molecule has 0 bridgehead atoms. The first kappa shape index (κ1) is 12.9. The van der Waals surface area contributed by atoms with Crippen molar-refractivity contribution in [3.63, 3.8) is 0 Å². The van der Waals surface area contributed by atoms with Gasteiger partial charge in [0, 0.05) is 4.90 Å². The van der Waals surface area contributed by atoms with Crippen molar-refractivity contribution in [2.45, 2.75) is 21.9 Å². The Morgan fingerprint density at radius 2 is 2.11 bits per heavy atom. The first-order valence-corrected chi connectivity index (χ1v) is 7.25. The Bertz CT molecular complexity index is 679. The van der Waals surface area contributed by atoms with Gasteiger partial charge in [-0.05, 0) is 30.8 Å². The Morgan fingerprint density at radius 1 is 1.39 bits per heavy atom. The quantitative estimate of drug-likeness (QED) is 0.823. The van der Waals surface area contributed by atoms with Crippen molar-refractivity contribution >= 4 is 27.5 Å². The van der Waals surface area contributed by atoms with Crippen LogP contribution in [0, 0.1) is 6.92 Å². The summed E-state index contributed by atoms with van der Waals surface area (Å²) in [5.41, 5.74) is 6.61. The average molecular weight is 285 g/mol. The van der Waals surface area contributed by atoms with Gasteiger partial charge in [0.05, 0.1) is 11.4 Å². The smallest absolute Gasteiger partial charge is 0.260 e. The molecule has 1 heterocycles. The van der Waals surface area contributed by atoms with E-state index >= 15 is 0 Å². The second-order valence-corrected chi connectivity index (χ2v) is 6.09. The van der Waals surface area contributed by atoms with Crippen LogP contribution < -0.4 is 10.9 Å². The summed E-state index contributed by atoms with van der Waals surface area (Å²) in [7, 11) is -3.83. The number of aromatic nitrogens is 1. The van der Waals surface area contributed by atoms with Crippen molar-refractivity contribution in [2.75, 3.05) is 5.73 Å². The van der Waals surface area contributed by atoms with Crippen LogP contribution in [0.5, 0.6) is 0 Å². The summed E-state index contributed by atoms with van der Waals surface area (Å²) < 4.78 is 27.8. The topological polar surface area (TPSA) is 112 Å². The lowest BCUT2D eigenvalue weighted by atomic mass is 10.3. The summed E-state index contributed by atoms with van der Waals surface area (Å²) in [6.07, 6.45) is 1.50. The van der Waals surface area contributed by atoms with Gasteiger partial charge in [-0.3, -0.25) is 0 Å². The maximum Gasteiger partial charge on any atom is 0.260 e. The molecule has 96 valence electrons. The van der Waals surface area contributed by atoms with Crippen molar-refractivity contribution in [1.82, 2.24) is 4.98 Å². The highest BCUT2D eigenvalue weighted by Gasteiger charge is 2.16. The molecule has 2 rings (SSSR count). The van der Waals surface area contributed by atoms with Crippen molar-refractivity contribution in [3.05, 3.63) is 30.2 Å². The predicted molar refractivity (Wildman–Crippen MR) is 67.6 cm³/mol. The minimum Gasteiger partial charge on any atom is -0.439 e. The number of primary sulfonamides is 1. The van der Waals surface area contributed by atoms with E-state index in [0.717, 1.165) is 17.5 Å². The molecule has 0 fully saturated rings. The molecule has 1 aromatic carbocycles. The number of benzene rings is 1. The zero-order valence-corrected chi connectivity index (χ0v) is 11.1. The molecule has 0 unspecified atom stereocenters. The number of nitrogen functional groups attached to an aromatic ring is 1. The molecule has 0 aliphatic rings. The van der Waals surface area contributed by atoms with Crippen LogP contribution in [0.15, 0.2) is 43.9 Å². The van der Waals surface area contributed by atoms with Gasteiger partial charge < -0.3 is 10.2 Å². The molecule has 0 radical (unpaired) electrons. The van der Waals surface area contributed by atoms with Gasteiger partial charge in [-0.2, -0.15) is 0 Å². The number of rotatable bonds is 3. The SMILES string of the molecule is Cc1coc(Sc2cccc(S(N)(=O)=O)c2N)n1. The van der Waals surface area contributed by atoms with Gasteiger partial charge in [0.1, 0.15) is 11.2 Å². The Labute approximate surface area is 108 Å². The van der Waals surface area contributed by atoms with Crippen LogP contribution in [0.2, 0.25) is 0 Å². The lowest BCUT2D eigenvalue weighted by Crippen LogP contribution is -2.14. The third kappa shape index (κ3) is 2.66. The van der Waals surface area contributed by atoms with Crippen LogP contribution in [0.25, 0.3) is 0 Å². The molecular weight excluding hydrogens is 274 g/mol. The molecule has 1 aromatic heterocycles. The fraction of sp³-hybridized carbons (Fsp3) is 0.100. The van der Waals surface area contributed by atoms with E-state index in [1.165, 1.54) is 12.3 Å². The number of anilines is 1. The van der Waals surface area contributed by atoms with Gasteiger partial charge in [0.15, 0.2) is 0 Å². The molecule has 18 heavy (non-hydrogen) atoms. The number of nitrogens with zero attached hydrogens (tertiary/aromatic N) is 1. The van der Waals surface area contributed by atoms with Crippen molar-refractivity contribution < 1.29 is 12.8 Å². The highest BCUT2D eigenvalue weighted by molar-refractivity contribution is 7.99. The number of sulfonamides is 1. The molecule has 0 saturated carbocycles. The van der Waals surface area contributed by atoms with Crippen molar-refractivity contribution in [2.24, 2.45) is 5.14 Å². The standard InChI is InChI=1S/C10H11N3O3S2/c1-6-5-16-10(13-6)17-7-3-2-4-8(9(7)11)18(12,14)15/h2-5H,11H2,1H3,(H2,12,14,15). The first-order chi connectivity index (χ1) is 8.38. The number of aryl methyl sites for hydroxylation is 1. The number of hydrogen-bond acceptors (Lipinski definition) is 6. The molecule has 0 atom stereocenters. The Morgan fingerprint density at radius 3 is 2.67 bits per heavy atom. The average Bonchev–Trinajstić information content (AvgIpc) is 2.65. The lowest BCUT2D eigenvalue weighted by molar-refractivity contribution is 0.454. The Kier molecular flexibility index (Phi) is 3.33. The minimum absolute atomic E-state index is 0.0980. The summed E-state index contributed by atoms with van der Waals surface area (Å²) in [5.74, 6) is 0. The molecular formula is C10H11N3O3S2. The van der Waals surface area contributed by atoms with Crippen LogP contribution in [-0.2, 0) is 10.0 Å². The maximum absolute atomic E-state index is 11.3. The molecule has 2 aromatic rings. The molecule has 0 aliphatic carbocycles. The lowest BCUT2D eigenvalue weighted by Gasteiger charge is -2.07. The zero-order valence-electron chi connectivity index (χ0n) is 9.45. The molecule has 0 saturated heterocycles. The van der Waals surface area contributed by atoms with E-state index in [-0.39, 0.29) is 10.6 Å². The van der Waals surface area contributed by atoms with Gasteiger partial charge in [-0.1, -0.05) is 6.07 Å². The third-order valence-electron chi connectivity index (χ3n) is 2.13. The van der Waals surface area contributed by atoms with E-state index in [9.17, 15) is 8.42 Å². The van der Waals surface area contributed by atoms with Crippen LogP contribution >= 0.6 is 11.8 Å². The Balaban J connectivity index is 2.41. The maximum atomic E-state index is 11.3. The zero-order chi connectivity index (χ0) is 13.3. The van der Waals surface area contributed by atoms with Crippen LogP contribution in [0.4, 0.5) is 5.69 Å². The van der Waals surface area contributed by atoms with Gasteiger partial charge in [0.25, 0.3) is 5.22 Å². The summed E-state index contributed by atoms with van der Waals surface area (Å²) >= 11 is 1.14. The monoisotopic (exact) mass is 285 g/mol. The van der Waals surface area contributed by atoms with E-state index < -0.39 is 10.0 Å². The summed E-state index contributed by atoms with van der Waals surface area (Å²) in [4.78, 5) is 4.53. The fourth-order valence-corrected chi connectivity index (χ4v) is 2.92. The molecule has 0 spiro atoms. The van der Waals surface area contributed by atoms with Crippen molar-refractivity contribution in [3.8, 4) is 0 Å². The highest BCUT2D eigenvalue weighted by atomic mass is 32.2. The summed E-state index contributed by atoms with van der Waals surface area (Å²) in [6.45, 7) is 1.79. The largest absolute Gasteiger partial charge is 0.439 e. The Hall–Kier alpha value is -1.51. The van der Waals surface area contributed by atoms with Crippen molar-refractivity contribution in [1.29, 1.82) is 0 Å². The number of nitrogens with two attached hydrogens (primary N) is 2. The molecule has 6 nitrogen and oxygen atoms in total. The second kappa shape index (κ2) is 4.63. The fourth-order valence-electron chi connectivity index (χ4n) is 1.33. The van der Waals surface area contributed by atoms with Gasteiger partial charge in [0.2, 0.25) is 10.0 Å². The summed E-state index contributed by atoms with van der Waals surface area (Å²) in [6, 6.07) is 4.60. The number of oxazole rings is 1. The minimum atomic E-state index is -3.83. The van der Waals surface area contributed by atoms with Gasteiger partial charge >= 0.3 is 0 Å². The van der Waals surface area contributed by atoms with Crippen LogP contribution in [0.3, 0.4) is 0 Å². The van der Waals surface area contributed by atoms with E-state index in [1.807, 2.05) is 0 Å². The molecule has 0 amide bonds. The van der Waals surface area contributed by atoms with E-state index in [4.69, 9.17) is 15.3 Å². The van der Waals surface area contributed by atoms with Crippen LogP contribution in [0.1, 0.15) is 5.69 Å². The molecule has 4 N–H and O–H groups in total. The van der Waals surface area contributed by atoms with Crippen LogP contribution in [-0.4, -0.2) is 13.4 Å². The molecule has 0 aliphatic heterocycles. The van der Waals surface area contributed by atoms with E-state index in [1.54, 1.807) is 19.1 Å². The van der Waals surface area contributed by atoms with Gasteiger partial charge in [-0.15, -0.1) is 0 Å². The normalized spacial score (nSPS) is 11.7. The van der Waals surface area contributed by atoms with E-state index in [2.05, 4.69) is 4.98 Å². The predicted octanol–water partition coefficient (Wildman–Crippen LogP) is 1.36. The second-order valence-electron chi connectivity index (χ2n) is 3.57. The summed E-state index contributed by atoms with van der Waals surface area (Å²) in [5, 5.41) is 5.46. The third-order valence-corrected chi connectivity index (χ3v) is 4.03. The number of hydrogen-bond donors (Lipinski definition) is 2. The van der Waals surface area contributed by atoms with E-state index in [0.29, 0.717) is 10.1 Å².